The Morgan fingerprint density at radius 2 is 1.57 bits per heavy atom. The highest BCUT2D eigenvalue weighted by Gasteiger charge is 2.22. The van der Waals surface area contributed by atoms with Crippen LogP contribution in [0.2, 0.25) is 0 Å². The molecule has 47 heavy (non-hydrogen) atoms. The minimum atomic E-state index is -0.727. The van der Waals surface area contributed by atoms with E-state index in [1.807, 2.05) is 54.6 Å². The molecule has 1 aliphatic heterocycles. The molecule has 1 amide bonds. The lowest BCUT2D eigenvalue weighted by Gasteiger charge is -2.31. The molecular formula is C38H48N4O5. The van der Waals surface area contributed by atoms with Crippen molar-refractivity contribution in [2.75, 3.05) is 38.0 Å². The summed E-state index contributed by atoms with van der Waals surface area (Å²) in [4.78, 5) is 29.4. The lowest BCUT2D eigenvalue weighted by molar-refractivity contribution is 0.0584. The van der Waals surface area contributed by atoms with Crippen LogP contribution in [0, 0.1) is 0 Å². The standard InChI is InChI=1S/C38H48N4O5/c43-34-19-17-31(32-18-20-36(45)41-37(32)34)35(44)27-39-23-11-4-2-1-3-5-12-24-42-25-21-29(22-26-42)47-38(46)40-33-16-10-9-15-30(33)28-13-7-6-8-14-28/h6-10,13-20,29,35,39,43-44H,1-5,11-12,21-27H2,(H,40,46)(H,41,45). The fourth-order valence-electron chi connectivity index (χ4n) is 6.37. The number of ether oxygens (including phenoxy) is 1. The summed E-state index contributed by atoms with van der Waals surface area (Å²) >= 11 is 0. The molecule has 1 fully saturated rings. The Labute approximate surface area is 277 Å². The number of aliphatic hydroxyl groups is 1. The zero-order chi connectivity index (χ0) is 32.8. The fraction of sp³-hybridized carbons (Fsp3) is 0.421. The monoisotopic (exact) mass is 640 g/mol. The molecule has 1 unspecified atom stereocenters. The Bertz CT molecular complexity index is 1620. The Balaban J connectivity index is 0.874. The number of fused-ring (bicyclic) bond motifs is 1. The van der Waals surface area contributed by atoms with Crippen molar-refractivity contribution in [3.05, 3.63) is 94.8 Å². The van der Waals surface area contributed by atoms with Crippen LogP contribution < -0.4 is 16.2 Å². The average Bonchev–Trinajstić information content (AvgIpc) is 3.09. The van der Waals surface area contributed by atoms with Crippen molar-refractivity contribution >= 4 is 22.7 Å². The van der Waals surface area contributed by atoms with Crippen LogP contribution in [-0.4, -0.2) is 65.0 Å². The predicted molar refractivity (Wildman–Crippen MR) is 188 cm³/mol. The maximum absolute atomic E-state index is 12.7. The van der Waals surface area contributed by atoms with E-state index in [1.165, 1.54) is 44.2 Å². The fourth-order valence-corrected chi connectivity index (χ4v) is 6.37. The molecule has 4 aromatic rings. The number of rotatable bonds is 16. The van der Waals surface area contributed by atoms with Gasteiger partial charge in [-0.05, 0) is 68.1 Å². The summed E-state index contributed by atoms with van der Waals surface area (Å²) in [7, 11) is 0. The highest BCUT2D eigenvalue weighted by atomic mass is 16.6. The normalized spacial score (nSPS) is 14.7. The van der Waals surface area contributed by atoms with Crippen LogP contribution in [-0.2, 0) is 4.74 Å². The summed E-state index contributed by atoms with van der Waals surface area (Å²) in [6.45, 7) is 4.28. The summed E-state index contributed by atoms with van der Waals surface area (Å²) in [5.41, 5.74) is 3.54. The Kier molecular flexibility index (Phi) is 12.8. The average molecular weight is 641 g/mol. The summed E-state index contributed by atoms with van der Waals surface area (Å²) in [5.74, 6) is -0.00277. The molecule has 0 bridgehead atoms. The van der Waals surface area contributed by atoms with Crippen molar-refractivity contribution in [3.63, 3.8) is 0 Å². The highest BCUT2D eigenvalue weighted by molar-refractivity contribution is 5.91. The van der Waals surface area contributed by atoms with E-state index in [9.17, 15) is 19.8 Å². The topological polar surface area (TPSA) is 127 Å². The quantitative estimate of drug-likeness (QED) is 0.0838. The van der Waals surface area contributed by atoms with Gasteiger partial charge in [0, 0.05) is 36.7 Å². The van der Waals surface area contributed by atoms with Gasteiger partial charge in [0.15, 0.2) is 0 Å². The van der Waals surface area contributed by atoms with E-state index in [0.29, 0.717) is 23.0 Å². The van der Waals surface area contributed by atoms with Gasteiger partial charge in [0.25, 0.3) is 0 Å². The van der Waals surface area contributed by atoms with Gasteiger partial charge in [-0.3, -0.25) is 10.1 Å². The van der Waals surface area contributed by atoms with Crippen molar-refractivity contribution in [1.29, 1.82) is 0 Å². The number of phenolic OH excluding ortho intramolecular Hbond substituents is 1. The van der Waals surface area contributed by atoms with Crippen molar-refractivity contribution in [2.45, 2.75) is 70.0 Å². The molecular weight excluding hydrogens is 592 g/mol. The zero-order valence-corrected chi connectivity index (χ0v) is 27.1. The minimum absolute atomic E-state index is 0.00277. The number of aromatic nitrogens is 1. The minimum Gasteiger partial charge on any atom is -0.506 e. The highest BCUT2D eigenvalue weighted by Crippen LogP contribution is 2.29. The SMILES string of the molecule is O=C(Nc1ccccc1-c1ccccc1)OC1CCN(CCCCCCCCCNCC(O)c2ccc(O)c3[nH]c(=O)ccc23)CC1. The molecule has 5 N–H and O–H groups in total. The summed E-state index contributed by atoms with van der Waals surface area (Å²) in [5, 5.41) is 27.7. The molecule has 0 saturated carbocycles. The number of hydrogen-bond donors (Lipinski definition) is 5. The van der Waals surface area contributed by atoms with Gasteiger partial charge in [0.2, 0.25) is 5.56 Å². The number of nitrogens with zero attached hydrogens (tertiary/aromatic N) is 1. The lowest BCUT2D eigenvalue weighted by Crippen LogP contribution is -2.38. The second kappa shape index (κ2) is 17.7. The molecule has 5 rings (SSSR count). The first-order valence-corrected chi connectivity index (χ1v) is 17.1. The van der Waals surface area contributed by atoms with Gasteiger partial charge in [0.1, 0.15) is 11.9 Å². The molecule has 2 heterocycles. The number of amides is 1. The summed E-state index contributed by atoms with van der Waals surface area (Å²) in [6.07, 6.45) is 8.90. The number of likely N-dealkylation sites (tertiary alicyclic amines) is 1. The van der Waals surface area contributed by atoms with E-state index in [4.69, 9.17) is 4.74 Å². The molecule has 0 radical (unpaired) electrons. The van der Waals surface area contributed by atoms with Crippen molar-refractivity contribution in [1.82, 2.24) is 15.2 Å². The number of hydrogen-bond acceptors (Lipinski definition) is 7. The molecule has 1 aromatic heterocycles. The largest absolute Gasteiger partial charge is 0.506 e. The number of anilines is 1. The van der Waals surface area contributed by atoms with E-state index in [2.05, 4.69) is 20.5 Å². The molecule has 250 valence electrons. The Hall–Kier alpha value is -4.18. The number of aliphatic hydroxyl groups excluding tert-OH is 1. The number of unbranched alkanes of at least 4 members (excludes halogenated alkanes) is 6. The van der Waals surface area contributed by atoms with Crippen LogP contribution in [0.3, 0.4) is 0 Å². The van der Waals surface area contributed by atoms with Crippen LogP contribution in [0.5, 0.6) is 5.75 Å². The number of carbonyl (C=O) groups is 1. The van der Waals surface area contributed by atoms with Gasteiger partial charge in [-0.2, -0.15) is 0 Å². The number of benzene rings is 3. The number of carbonyl (C=O) groups excluding carboxylic acids is 1. The molecule has 1 saturated heterocycles. The van der Waals surface area contributed by atoms with E-state index in [0.717, 1.165) is 68.7 Å². The number of aromatic hydroxyl groups is 1. The third-order valence-corrected chi connectivity index (χ3v) is 8.99. The number of phenols is 1. The van der Waals surface area contributed by atoms with Crippen LogP contribution in [0.1, 0.15) is 69.5 Å². The maximum atomic E-state index is 12.7. The first-order chi connectivity index (χ1) is 23.0. The van der Waals surface area contributed by atoms with Gasteiger partial charge < -0.3 is 30.2 Å². The predicted octanol–water partition coefficient (Wildman–Crippen LogP) is 6.97. The van der Waals surface area contributed by atoms with Crippen molar-refractivity contribution in [3.8, 4) is 16.9 Å². The second-order valence-electron chi connectivity index (χ2n) is 12.5. The number of nitrogens with one attached hydrogen (secondary N) is 3. The Morgan fingerprint density at radius 1 is 0.872 bits per heavy atom. The van der Waals surface area contributed by atoms with Crippen LogP contribution in [0.4, 0.5) is 10.5 Å². The van der Waals surface area contributed by atoms with Crippen molar-refractivity contribution in [2.24, 2.45) is 0 Å². The van der Waals surface area contributed by atoms with E-state index in [-0.39, 0.29) is 23.5 Å². The van der Waals surface area contributed by atoms with Gasteiger partial charge in [-0.1, -0.05) is 86.7 Å². The Morgan fingerprint density at radius 3 is 2.36 bits per heavy atom. The molecule has 1 aliphatic rings. The third kappa shape index (κ3) is 10.2. The second-order valence-corrected chi connectivity index (χ2v) is 12.5. The van der Waals surface area contributed by atoms with Crippen molar-refractivity contribution < 1.29 is 19.7 Å². The number of H-pyrrole nitrogens is 1. The lowest BCUT2D eigenvalue weighted by atomic mass is 10.0. The van der Waals surface area contributed by atoms with Crippen LogP contribution in [0.25, 0.3) is 22.0 Å². The number of piperidine rings is 1. The molecule has 0 spiro atoms. The first-order valence-electron chi connectivity index (χ1n) is 17.1. The van der Waals surface area contributed by atoms with E-state index >= 15 is 0 Å². The zero-order valence-electron chi connectivity index (χ0n) is 27.1. The van der Waals surface area contributed by atoms with Gasteiger partial charge in [0.05, 0.1) is 17.3 Å². The van der Waals surface area contributed by atoms with E-state index in [1.54, 1.807) is 12.1 Å². The summed E-state index contributed by atoms with van der Waals surface area (Å²) < 4.78 is 5.78. The number of para-hydroxylation sites is 1. The molecule has 0 aliphatic carbocycles. The maximum Gasteiger partial charge on any atom is 0.411 e. The number of aromatic amines is 1. The molecule has 9 nitrogen and oxygen atoms in total. The summed E-state index contributed by atoms with van der Waals surface area (Å²) in [6, 6.07) is 24.1. The van der Waals surface area contributed by atoms with E-state index < -0.39 is 6.10 Å². The molecule has 3 aromatic carbocycles. The molecule has 9 heteroatoms. The van der Waals surface area contributed by atoms with Gasteiger partial charge in [-0.15, -0.1) is 0 Å². The third-order valence-electron chi connectivity index (χ3n) is 8.99. The number of pyridine rings is 1. The first kappa shape index (κ1) is 34.2. The van der Waals surface area contributed by atoms with Gasteiger partial charge >= 0.3 is 6.09 Å². The van der Waals surface area contributed by atoms with Gasteiger partial charge in [-0.25, -0.2) is 4.79 Å². The smallest absolute Gasteiger partial charge is 0.411 e. The molecule has 1 atom stereocenters. The van der Waals surface area contributed by atoms with Crippen LogP contribution in [0.15, 0.2) is 83.7 Å². The van der Waals surface area contributed by atoms with Crippen LogP contribution >= 0.6 is 0 Å².